The maximum atomic E-state index is 11.9. The average Bonchev–Trinajstić information content (AvgIpc) is 2.35. The second-order valence-electron chi connectivity index (χ2n) is 6.37. The maximum absolute atomic E-state index is 11.9. The van der Waals surface area contributed by atoms with E-state index in [9.17, 15) is 9.90 Å². The van der Waals surface area contributed by atoms with Crippen LogP contribution >= 0.6 is 0 Å². The molecular weight excluding hydrogens is 244 g/mol. The van der Waals surface area contributed by atoms with E-state index in [1.807, 2.05) is 27.7 Å². The highest BCUT2D eigenvalue weighted by Crippen LogP contribution is 2.24. The summed E-state index contributed by atoms with van der Waals surface area (Å²) in [6.07, 6.45) is 1.61. The smallest absolute Gasteiger partial charge is 0.410 e. The van der Waals surface area contributed by atoms with E-state index >= 15 is 0 Å². The third-order valence-electron chi connectivity index (χ3n) is 3.58. The Kier molecular flexibility index (Phi) is 5.62. The fourth-order valence-electron chi connectivity index (χ4n) is 2.34. The summed E-state index contributed by atoms with van der Waals surface area (Å²) in [4.78, 5) is 13.6. The Labute approximate surface area is 116 Å². The van der Waals surface area contributed by atoms with Crippen LogP contribution in [-0.2, 0) is 4.74 Å². The van der Waals surface area contributed by atoms with E-state index in [1.54, 1.807) is 4.90 Å². The molecule has 0 aliphatic carbocycles. The summed E-state index contributed by atoms with van der Waals surface area (Å²) in [6.45, 7) is 8.83. The van der Waals surface area contributed by atoms with Crippen molar-refractivity contribution in [2.24, 2.45) is 11.7 Å². The number of hydrogen-bond acceptors (Lipinski definition) is 4. The molecule has 0 spiro atoms. The van der Waals surface area contributed by atoms with Gasteiger partial charge < -0.3 is 20.5 Å². The fraction of sp³-hybridized carbons (Fsp3) is 0.929. The third-order valence-corrected chi connectivity index (χ3v) is 3.58. The van der Waals surface area contributed by atoms with Gasteiger partial charge in [-0.05, 0) is 46.0 Å². The monoisotopic (exact) mass is 272 g/mol. The highest BCUT2D eigenvalue weighted by atomic mass is 16.6. The number of amides is 1. The number of rotatable bonds is 3. The summed E-state index contributed by atoms with van der Waals surface area (Å²) in [6, 6.07) is -0.168. The van der Waals surface area contributed by atoms with Gasteiger partial charge in [-0.2, -0.15) is 0 Å². The summed E-state index contributed by atoms with van der Waals surface area (Å²) < 4.78 is 5.34. The first-order valence-electron chi connectivity index (χ1n) is 7.16. The van der Waals surface area contributed by atoms with Crippen molar-refractivity contribution < 1.29 is 14.6 Å². The minimum atomic E-state index is -0.467. The molecular formula is C14H28N2O3. The lowest BCUT2D eigenvalue weighted by molar-refractivity contribution is 0.00406. The predicted octanol–water partition coefficient (Wildman–Crippen LogP) is 1.73. The molecule has 1 fully saturated rings. The molecule has 19 heavy (non-hydrogen) atoms. The zero-order valence-corrected chi connectivity index (χ0v) is 12.6. The fourth-order valence-corrected chi connectivity index (χ4v) is 2.34. The van der Waals surface area contributed by atoms with Crippen LogP contribution in [0.4, 0.5) is 4.79 Å². The molecule has 1 amide bonds. The molecule has 3 N–H and O–H groups in total. The van der Waals surface area contributed by atoms with Crippen molar-refractivity contribution in [1.29, 1.82) is 0 Å². The van der Waals surface area contributed by atoms with Crippen LogP contribution in [-0.4, -0.2) is 46.9 Å². The number of ether oxygens (including phenoxy) is 1. The average molecular weight is 272 g/mol. The Balaban J connectivity index is 2.42. The second-order valence-corrected chi connectivity index (χ2v) is 6.37. The molecule has 5 nitrogen and oxygen atoms in total. The van der Waals surface area contributed by atoms with Gasteiger partial charge in [0.25, 0.3) is 0 Å². The molecule has 1 aliphatic heterocycles. The van der Waals surface area contributed by atoms with Crippen molar-refractivity contribution in [1.82, 2.24) is 4.90 Å². The summed E-state index contributed by atoms with van der Waals surface area (Å²) >= 11 is 0. The van der Waals surface area contributed by atoms with E-state index in [0.29, 0.717) is 13.1 Å². The molecule has 2 atom stereocenters. The number of likely N-dealkylation sites (tertiary alicyclic amines) is 1. The number of piperidine rings is 1. The van der Waals surface area contributed by atoms with Crippen molar-refractivity contribution in [2.45, 2.75) is 64.7 Å². The van der Waals surface area contributed by atoms with Gasteiger partial charge >= 0.3 is 6.09 Å². The third kappa shape index (κ3) is 4.99. The van der Waals surface area contributed by atoms with E-state index in [4.69, 9.17) is 10.5 Å². The molecule has 1 rings (SSSR count). The SMILES string of the molecule is CC[C@@H](N)[C@H](O)C1CCN(C(=O)OC(C)(C)C)CC1. The number of carbonyl (C=O) groups is 1. The first kappa shape index (κ1) is 16.2. The predicted molar refractivity (Wildman–Crippen MR) is 74.8 cm³/mol. The van der Waals surface area contributed by atoms with Gasteiger partial charge in [0, 0.05) is 19.1 Å². The van der Waals surface area contributed by atoms with Gasteiger partial charge in [0.2, 0.25) is 0 Å². The van der Waals surface area contributed by atoms with Crippen molar-refractivity contribution in [2.75, 3.05) is 13.1 Å². The Morgan fingerprint density at radius 3 is 2.37 bits per heavy atom. The molecule has 0 aromatic carbocycles. The Hall–Kier alpha value is -0.810. The highest BCUT2D eigenvalue weighted by Gasteiger charge is 2.31. The molecule has 1 saturated heterocycles. The van der Waals surface area contributed by atoms with E-state index in [2.05, 4.69) is 0 Å². The van der Waals surface area contributed by atoms with E-state index < -0.39 is 11.7 Å². The Morgan fingerprint density at radius 1 is 1.42 bits per heavy atom. The largest absolute Gasteiger partial charge is 0.444 e. The number of carbonyl (C=O) groups excluding carboxylic acids is 1. The zero-order chi connectivity index (χ0) is 14.6. The van der Waals surface area contributed by atoms with Gasteiger partial charge in [-0.15, -0.1) is 0 Å². The van der Waals surface area contributed by atoms with Gasteiger partial charge in [0.15, 0.2) is 0 Å². The van der Waals surface area contributed by atoms with Crippen molar-refractivity contribution >= 4 is 6.09 Å². The number of hydrogen-bond donors (Lipinski definition) is 2. The number of aliphatic hydroxyl groups is 1. The summed E-state index contributed by atoms with van der Waals surface area (Å²) in [5, 5.41) is 10.1. The van der Waals surface area contributed by atoms with Gasteiger partial charge in [0.1, 0.15) is 5.60 Å². The van der Waals surface area contributed by atoms with E-state index in [1.165, 1.54) is 0 Å². The standard InChI is InChI=1S/C14H28N2O3/c1-5-11(15)12(17)10-6-8-16(9-7-10)13(18)19-14(2,3)4/h10-12,17H,5-9,15H2,1-4H3/t11-,12-/m1/s1. The van der Waals surface area contributed by atoms with Crippen LogP contribution in [0.1, 0.15) is 47.0 Å². The molecule has 0 saturated carbocycles. The summed E-state index contributed by atoms with van der Waals surface area (Å²) in [7, 11) is 0. The van der Waals surface area contributed by atoms with Gasteiger partial charge in [0.05, 0.1) is 6.10 Å². The Bertz CT molecular complexity index is 294. The van der Waals surface area contributed by atoms with Gasteiger partial charge in [-0.25, -0.2) is 4.79 Å². The summed E-state index contributed by atoms with van der Waals surface area (Å²) in [5.41, 5.74) is 5.41. The zero-order valence-electron chi connectivity index (χ0n) is 12.6. The molecule has 0 bridgehead atoms. The lowest BCUT2D eigenvalue weighted by Gasteiger charge is -2.36. The Morgan fingerprint density at radius 2 is 1.95 bits per heavy atom. The van der Waals surface area contributed by atoms with Crippen LogP contribution in [0.25, 0.3) is 0 Å². The van der Waals surface area contributed by atoms with Gasteiger partial charge in [-0.3, -0.25) is 0 Å². The highest BCUT2D eigenvalue weighted by molar-refractivity contribution is 5.68. The van der Waals surface area contributed by atoms with Crippen LogP contribution in [0.2, 0.25) is 0 Å². The first-order chi connectivity index (χ1) is 8.74. The first-order valence-corrected chi connectivity index (χ1v) is 7.16. The number of aliphatic hydroxyl groups excluding tert-OH is 1. The lowest BCUT2D eigenvalue weighted by Crippen LogP contribution is -2.47. The molecule has 0 aromatic rings. The quantitative estimate of drug-likeness (QED) is 0.820. The molecule has 5 heteroatoms. The van der Waals surface area contributed by atoms with Crippen LogP contribution in [0.3, 0.4) is 0 Å². The van der Waals surface area contributed by atoms with Crippen LogP contribution in [0.5, 0.6) is 0 Å². The normalized spacial score (nSPS) is 21.1. The van der Waals surface area contributed by atoms with E-state index in [0.717, 1.165) is 19.3 Å². The van der Waals surface area contributed by atoms with E-state index in [-0.39, 0.29) is 18.1 Å². The summed E-state index contributed by atoms with van der Waals surface area (Å²) in [5.74, 6) is 0.189. The lowest BCUT2D eigenvalue weighted by atomic mass is 9.87. The van der Waals surface area contributed by atoms with Crippen molar-refractivity contribution in [3.63, 3.8) is 0 Å². The van der Waals surface area contributed by atoms with Gasteiger partial charge in [-0.1, -0.05) is 6.92 Å². The molecule has 0 radical (unpaired) electrons. The van der Waals surface area contributed by atoms with Crippen molar-refractivity contribution in [3.05, 3.63) is 0 Å². The molecule has 0 unspecified atom stereocenters. The van der Waals surface area contributed by atoms with Crippen LogP contribution < -0.4 is 5.73 Å². The molecule has 1 heterocycles. The minimum absolute atomic E-state index is 0.168. The van der Waals surface area contributed by atoms with Crippen molar-refractivity contribution in [3.8, 4) is 0 Å². The van der Waals surface area contributed by atoms with Crippen LogP contribution in [0.15, 0.2) is 0 Å². The number of nitrogens with two attached hydrogens (primary N) is 1. The molecule has 1 aliphatic rings. The molecule has 112 valence electrons. The maximum Gasteiger partial charge on any atom is 0.410 e. The minimum Gasteiger partial charge on any atom is -0.444 e. The second kappa shape index (κ2) is 6.57. The van der Waals surface area contributed by atoms with Crippen LogP contribution in [0, 0.1) is 5.92 Å². The topological polar surface area (TPSA) is 75.8 Å². The number of nitrogens with zero attached hydrogens (tertiary/aromatic N) is 1. The molecule has 0 aromatic heterocycles.